The Morgan fingerprint density at radius 2 is 2.17 bits per heavy atom. The summed E-state index contributed by atoms with van der Waals surface area (Å²) in [7, 11) is 0. The van der Waals surface area contributed by atoms with Crippen LogP contribution < -0.4 is 10.6 Å². The van der Waals surface area contributed by atoms with Gasteiger partial charge in [0.1, 0.15) is 5.82 Å². The number of hydrogen-bond acceptors (Lipinski definition) is 3. The van der Waals surface area contributed by atoms with Crippen molar-refractivity contribution in [2.75, 3.05) is 11.9 Å². The molecule has 2 rings (SSSR count). The Kier molecular flexibility index (Phi) is 3.86. The minimum atomic E-state index is -0.256. The minimum Gasteiger partial charge on any atom is -0.338 e. The number of urea groups is 1. The van der Waals surface area contributed by atoms with E-state index in [0.717, 1.165) is 11.1 Å². The van der Waals surface area contributed by atoms with Gasteiger partial charge in [0, 0.05) is 30.7 Å². The molecule has 0 aromatic carbocycles. The molecule has 18 heavy (non-hydrogen) atoms. The smallest absolute Gasteiger partial charge is 0.320 e. The molecule has 0 atom stereocenters. The average molecular weight is 242 g/mol. The number of aromatic nitrogens is 2. The van der Waals surface area contributed by atoms with Crippen molar-refractivity contribution < 1.29 is 4.79 Å². The van der Waals surface area contributed by atoms with Crippen LogP contribution in [0.1, 0.15) is 6.92 Å². The number of amides is 2. The molecule has 0 aliphatic carbocycles. The van der Waals surface area contributed by atoms with Gasteiger partial charge < -0.3 is 5.32 Å². The van der Waals surface area contributed by atoms with E-state index in [1.54, 1.807) is 18.6 Å². The fourth-order valence-electron chi connectivity index (χ4n) is 1.53. The standard InChI is InChI=1S/C13H14N4O/c1-2-15-13(18)17-12-8-10(5-7-16-12)11-4-3-6-14-9-11/h3-9H,2H2,1H3,(H2,15,16,17,18). The van der Waals surface area contributed by atoms with Gasteiger partial charge in [-0.25, -0.2) is 9.78 Å². The van der Waals surface area contributed by atoms with Crippen molar-refractivity contribution in [2.45, 2.75) is 6.92 Å². The van der Waals surface area contributed by atoms with Crippen molar-refractivity contribution in [1.29, 1.82) is 0 Å². The zero-order valence-corrected chi connectivity index (χ0v) is 10.1. The Morgan fingerprint density at radius 1 is 1.28 bits per heavy atom. The van der Waals surface area contributed by atoms with Crippen LogP contribution in [0.2, 0.25) is 0 Å². The van der Waals surface area contributed by atoms with Gasteiger partial charge in [-0.3, -0.25) is 10.3 Å². The lowest BCUT2D eigenvalue weighted by molar-refractivity contribution is 0.252. The number of nitrogens with zero attached hydrogens (tertiary/aromatic N) is 2. The monoisotopic (exact) mass is 242 g/mol. The van der Waals surface area contributed by atoms with Crippen LogP contribution >= 0.6 is 0 Å². The molecule has 0 aliphatic rings. The zero-order valence-electron chi connectivity index (χ0n) is 10.1. The number of nitrogens with one attached hydrogen (secondary N) is 2. The number of carbonyl (C=O) groups excluding carboxylic acids is 1. The van der Waals surface area contributed by atoms with Crippen LogP contribution in [-0.4, -0.2) is 22.5 Å². The topological polar surface area (TPSA) is 66.9 Å². The Labute approximate surface area is 105 Å². The predicted octanol–water partition coefficient (Wildman–Crippen LogP) is 2.29. The van der Waals surface area contributed by atoms with Crippen LogP contribution in [0.3, 0.4) is 0 Å². The number of hydrogen-bond donors (Lipinski definition) is 2. The molecule has 2 heterocycles. The van der Waals surface area contributed by atoms with Crippen molar-refractivity contribution in [3.05, 3.63) is 42.9 Å². The molecule has 92 valence electrons. The van der Waals surface area contributed by atoms with Gasteiger partial charge in [0.25, 0.3) is 0 Å². The summed E-state index contributed by atoms with van der Waals surface area (Å²) in [5, 5.41) is 5.32. The van der Waals surface area contributed by atoms with E-state index in [0.29, 0.717) is 12.4 Å². The van der Waals surface area contributed by atoms with Gasteiger partial charge in [-0.1, -0.05) is 6.07 Å². The maximum Gasteiger partial charge on any atom is 0.320 e. The zero-order chi connectivity index (χ0) is 12.8. The SMILES string of the molecule is CCNC(=O)Nc1cc(-c2cccnc2)ccn1. The molecule has 0 saturated carbocycles. The molecule has 0 saturated heterocycles. The van der Waals surface area contributed by atoms with Gasteiger partial charge in [-0.15, -0.1) is 0 Å². The van der Waals surface area contributed by atoms with E-state index in [4.69, 9.17) is 0 Å². The van der Waals surface area contributed by atoms with Gasteiger partial charge in [-0.05, 0) is 30.7 Å². The Hall–Kier alpha value is -2.43. The number of rotatable bonds is 3. The summed E-state index contributed by atoms with van der Waals surface area (Å²) in [5.74, 6) is 0.516. The van der Waals surface area contributed by atoms with Gasteiger partial charge in [0.2, 0.25) is 0 Å². The molecule has 5 nitrogen and oxygen atoms in total. The van der Waals surface area contributed by atoms with Crippen molar-refractivity contribution in [1.82, 2.24) is 15.3 Å². The number of carbonyl (C=O) groups is 1. The number of anilines is 1. The highest BCUT2D eigenvalue weighted by Crippen LogP contribution is 2.19. The van der Waals surface area contributed by atoms with Crippen LogP contribution in [0.5, 0.6) is 0 Å². The molecule has 2 aromatic rings. The Balaban J connectivity index is 2.18. The van der Waals surface area contributed by atoms with E-state index in [2.05, 4.69) is 20.6 Å². The van der Waals surface area contributed by atoms with Crippen LogP contribution in [0.15, 0.2) is 42.9 Å². The molecule has 2 aromatic heterocycles. The Bertz CT molecular complexity index is 528. The highest BCUT2D eigenvalue weighted by atomic mass is 16.2. The first-order chi connectivity index (χ1) is 8.79. The second-order valence-corrected chi connectivity index (χ2v) is 3.66. The summed E-state index contributed by atoms with van der Waals surface area (Å²) in [5.41, 5.74) is 1.95. The third kappa shape index (κ3) is 3.04. The fourth-order valence-corrected chi connectivity index (χ4v) is 1.53. The minimum absolute atomic E-state index is 0.256. The Morgan fingerprint density at radius 3 is 2.89 bits per heavy atom. The van der Waals surface area contributed by atoms with Gasteiger partial charge in [0.15, 0.2) is 0 Å². The second kappa shape index (κ2) is 5.77. The van der Waals surface area contributed by atoms with E-state index in [1.807, 2.05) is 31.2 Å². The lowest BCUT2D eigenvalue weighted by Gasteiger charge is -2.06. The lowest BCUT2D eigenvalue weighted by Crippen LogP contribution is -2.28. The summed E-state index contributed by atoms with van der Waals surface area (Å²) in [6.07, 6.45) is 5.15. The molecule has 0 radical (unpaired) electrons. The van der Waals surface area contributed by atoms with E-state index in [-0.39, 0.29) is 6.03 Å². The maximum absolute atomic E-state index is 11.4. The predicted molar refractivity (Wildman–Crippen MR) is 70.2 cm³/mol. The van der Waals surface area contributed by atoms with Crippen LogP contribution in [0, 0.1) is 0 Å². The third-order valence-electron chi connectivity index (χ3n) is 2.33. The summed E-state index contributed by atoms with van der Waals surface area (Å²) in [6.45, 7) is 2.44. The maximum atomic E-state index is 11.4. The number of pyridine rings is 2. The van der Waals surface area contributed by atoms with Crippen molar-refractivity contribution in [3.63, 3.8) is 0 Å². The summed E-state index contributed by atoms with van der Waals surface area (Å²) >= 11 is 0. The molecule has 2 N–H and O–H groups in total. The van der Waals surface area contributed by atoms with Crippen molar-refractivity contribution in [3.8, 4) is 11.1 Å². The highest BCUT2D eigenvalue weighted by Gasteiger charge is 2.03. The molecule has 0 bridgehead atoms. The van der Waals surface area contributed by atoms with Gasteiger partial charge in [0.05, 0.1) is 0 Å². The van der Waals surface area contributed by atoms with Crippen molar-refractivity contribution in [2.24, 2.45) is 0 Å². The molecule has 0 aliphatic heterocycles. The van der Waals surface area contributed by atoms with Crippen LogP contribution in [0.25, 0.3) is 11.1 Å². The van der Waals surface area contributed by atoms with Crippen LogP contribution in [-0.2, 0) is 0 Å². The van der Waals surface area contributed by atoms with E-state index < -0.39 is 0 Å². The summed E-state index contributed by atoms with van der Waals surface area (Å²) in [4.78, 5) is 19.5. The highest BCUT2D eigenvalue weighted by molar-refractivity contribution is 5.88. The van der Waals surface area contributed by atoms with E-state index in [9.17, 15) is 4.79 Å². The molecule has 0 spiro atoms. The summed E-state index contributed by atoms with van der Waals surface area (Å²) in [6, 6.07) is 7.25. The molecule has 2 amide bonds. The first kappa shape index (κ1) is 12.0. The fraction of sp³-hybridized carbons (Fsp3) is 0.154. The first-order valence-electron chi connectivity index (χ1n) is 5.71. The largest absolute Gasteiger partial charge is 0.338 e. The molecular weight excluding hydrogens is 228 g/mol. The molecule has 5 heteroatoms. The molecule has 0 unspecified atom stereocenters. The van der Waals surface area contributed by atoms with Gasteiger partial charge in [-0.2, -0.15) is 0 Å². The quantitative estimate of drug-likeness (QED) is 0.867. The lowest BCUT2D eigenvalue weighted by atomic mass is 10.1. The van der Waals surface area contributed by atoms with Crippen LogP contribution in [0.4, 0.5) is 10.6 Å². The summed E-state index contributed by atoms with van der Waals surface area (Å²) < 4.78 is 0. The van der Waals surface area contributed by atoms with Crippen molar-refractivity contribution >= 4 is 11.8 Å². The normalized spacial score (nSPS) is 9.83. The third-order valence-corrected chi connectivity index (χ3v) is 2.33. The first-order valence-corrected chi connectivity index (χ1v) is 5.71. The van der Waals surface area contributed by atoms with Gasteiger partial charge >= 0.3 is 6.03 Å². The molecule has 0 fully saturated rings. The molecular formula is C13H14N4O. The van der Waals surface area contributed by atoms with E-state index in [1.165, 1.54) is 0 Å². The van der Waals surface area contributed by atoms with E-state index >= 15 is 0 Å². The average Bonchev–Trinajstić information content (AvgIpc) is 2.40. The second-order valence-electron chi connectivity index (χ2n) is 3.66.